The van der Waals surface area contributed by atoms with E-state index in [0.717, 1.165) is 49.9 Å². The van der Waals surface area contributed by atoms with E-state index in [1.165, 1.54) is 5.56 Å². The van der Waals surface area contributed by atoms with E-state index in [-0.39, 0.29) is 18.3 Å². The maximum atomic E-state index is 13.3. The molecule has 3 aliphatic rings. The van der Waals surface area contributed by atoms with Crippen LogP contribution in [-0.2, 0) is 25.2 Å². The van der Waals surface area contributed by atoms with Crippen molar-refractivity contribution in [2.24, 2.45) is 0 Å². The highest BCUT2D eigenvalue weighted by Crippen LogP contribution is 2.51. The van der Waals surface area contributed by atoms with Crippen LogP contribution in [0.1, 0.15) is 51.7 Å². The summed E-state index contributed by atoms with van der Waals surface area (Å²) in [7, 11) is 0. The Kier molecular flexibility index (Phi) is 11.6. The first-order chi connectivity index (χ1) is 27.7. The number of nitrogens with zero attached hydrogens (tertiary/aromatic N) is 2. The Bertz CT molecular complexity index is 2390. The number of allylic oxidation sites excluding steroid dienone is 8. The molecule has 0 unspecified atom stereocenters. The third-order valence-corrected chi connectivity index (χ3v) is 11.8. The van der Waals surface area contributed by atoms with Crippen molar-refractivity contribution in [1.29, 1.82) is 0 Å². The number of aliphatic hydroxyl groups is 4. The molecule has 302 valence electrons. The molecule has 0 radical (unpaired) electrons. The van der Waals surface area contributed by atoms with Crippen LogP contribution in [0.5, 0.6) is 0 Å². The van der Waals surface area contributed by atoms with E-state index in [1.54, 1.807) is 0 Å². The van der Waals surface area contributed by atoms with E-state index >= 15 is 0 Å². The molecule has 11 nitrogen and oxygen atoms in total. The van der Waals surface area contributed by atoms with Crippen LogP contribution in [0.2, 0.25) is 0 Å². The van der Waals surface area contributed by atoms with Gasteiger partial charge in [-0.3, -0.25) is 9.59 Å². The SMILES string of the molecule is CC1(C)C(=CC=CC=CC=CC2=[N+](CCC(=O)O)c3ccc4ccccc4c3C2(C)C)N(CCC(=O)N[C@@H]2[C@@H](O)[C@H](O)[C@@H](CO)O[C@H]2O)c2ccc3ccccc3c21. The molecule has 6 N–H and O–H groups in total. The number of rotatable bonds is 12. The number of carboxylic acid groups (broad SMARTS) is 1. The summed E-state index contributed by atoms with van der Waals surface area (Å²) in [5.74, 6) is -1.29. The van der Waals surface area contributed by atoms with E-state index in [4.69, 9.17) is 4.74 Å². The first-order valence-electron chi connectivity index (χ1n) is 19.8. The summed E-state index contributed by atoms with van der Waals surface area (Å²) in [6.45, 7) is 8.76. The van der Waals surface area contributed by atoms with Crippen molar-refractivity contribution in [1.82, 2.24) is 5.32 Å². The largest absolute Gasteiger partial charge is 0.481 e. The lowest BCUT2D eigenvalue weighted by atomic mass is 9.79. The van der Waals surface area contributed by atoms with Gasteiger partial charge < -0.3 is 40.5 Å². The fraction of sp³-hybridized carbons (Fsp3) is 0.340. The molecule has 1 amide bonds. The summed E-state index contributed by atoms with van der Waals surface area (Å²) in [5, 5.41) is 57.4. The van der Waals surface area contributed by atoms with Crippen LogP contribution in [-0.4, -0.2) is 98.0 Å². The van der Waals surface area contributed by atoms with Gasteiger partial charge in [0, 0.05) is 47.5 Å². The van der Waals surface area contributed by atoms with Crippen LogP contribution in [0.4, 0.5) is 11.4 Å². The van der Waals surface area contributed by atoms with E-state index in [9.17, 15) is 35.1 Å². The predicted molar refractivity (Wildman–Crippen MR) is 225 cm³/mol. The zero-order valence-electron chi connectivity index (χ0n) is 33.2. The topological polar surface area (TPSA) is 163 Å². The molecule has 1 fully saturated rings. The molecule has 1 saturated heterocycles. The van der Waals surface area contributed by atoms with Crippen LogP contribution >= 0.6 is 0 Å². The Morgan fingerprint density at radius 2 is 1.43 bits per heavy atom. The molecule has 0 saturated carbocycles. The van der Waals surface area contributed by atoms with E-state index in [1.807, 2.05) is 54.6 Å². The van der Waals surface area contributed by atoms with Crippen LogP contribution in [0.25, 0.3) is 21.5 Å². The van der Waals surface area contributed by atoms with Gasteiger partial charge in [0.05, 0.1) is 12.0 Å². The first-order valence-corrected chi connectivity index (χ1v) is 19.8. The highest BCUT2D eigenvalue weighted by Gasteiger charge is 2.47. The van der Waals surface area contributed by atoms with Crippen LogP contribution in [0.15, 0.2) is 121 Å². The molecule has 3 aliphatic heterocycles. The highest BCUT2D eigenvalue weighted by atomic mass is 16.6. The maximum absolute atomic E-state index is 13.3. The lowest BCUT2D eigenvalue weighted by Gasteiger charge is -2.40. The normalized spacial score (nSPS) is 24.5. The number of nitrogens with one attached hydrogen (secondary N) is 1. The van der Waals surface area contributed by atoms with Crippen LogP contribution in [0, 0.1) is 0 Å². The van der Waals surface area contributed by atoms with E-state index in [0.29, 0.717) is 13.1 Å². The standard InChI is InChI=1S/C47H51N3O8/c1-46(2)36(18-8-6-5-7-9-19-37-47(3,4)41-32-17-13-11-15-30(32)21-23-34(41)50(37)27-25-39(53)54)49(33-22-20-29-14-10-12-16-31(29)40(33)46)26-24-38(52)48-42-44(56)43(55)35(28-51)58-45(42)57/h5-23,35,42-45,51,55-57H,24-28H2,1-4H3,(H-,48,52,53,54)/p+1/t35-,42-,43-,44-,45-/m1/s1. The first kappa shape index (κ1) is 40.8. The number of carboxylic acids is 1. The fourth-order valence-corrected chi connectivity index (χ4v) is 8.97. The third kappa shape index (κ3) is 7.52. The molecule has 0 spiro atoms. The molecular formula is C47H52N3O8+. The van der Waals surface area contributed by atoms with Gasteiger partial charge in [-0.1, -0.05) is 98.8 Å². The predicted octanol–water partition coefficient (Wildman–Crippen LogP) is 5.50. The van der Waals surface area contributed by atoms with Gasteiger partial charge in [-0.15, -0.1) is 0 Å². The molecule has 11 heteroatoms. The van der Waals surface area contributed by atoms with Crippen molar-refractivity contribution in [3.05, 3.63) is 132 Å². The number of ether oxygens (including phenoxy) is 1. The van der Waals surface area contributed by atoms with Gasteiger partial charge in [-0.05, 0) is 59.2 Å². The summed E-state index contributed by atoms with van der Waals surface area (Å²) < 4.78 is 7.35. The van der Waals surface area contributed by atoms with Gasteiger partial charge >= 0.3 is 5.97 Å². The number of amides is 1. The van der Waals surface area contributed by atoms with Crippen LogP contribution < -0.4 is 10.2 Å². The van der Waals surface area contributed by atoms with Gasteiger partial charge in [0.1, 0.15) is 30.8 Å². The van der Waals surface area contributed by atoms with Crippen molar-refractivity contribution in [3.8, 4) is 0 Å². The summed E-state index contributed by atoms with van der Waals surface area (Å²) in [6, 6.07) is 23.6. The van der Waals surface area contributed by atoms with Crippen molar-refractivity contribution in [3.63, 3.8) is 0 Å². The van der Waals surface area contributed by atoms with Crippen molar-refractivity contribution >= 4 is 50.5 Å². The Balaban J connectivity index is 1.12. The number of aliphatic carboxylic acids is 1. The van der Waals surface area contributed by atoms with Crippen molar-refractivity contribution < 1.29 is 44.4 Å². The molecule has 7 rings (SSSR count). The number of aliphatic hydroxyl groups excluding tert-OH is 4. The van der Waals surface area contributed by atoms with Gasteiger partial charge in [0.25, 0.3) is 0 Å². The molecule has 3 heterocycles. The Morgan fingerprint density at radius 1 is 0.793 bits per heavy atom. The smallest absolute Gasteiger partial charge is 0.309 e. The zero-order chi connectivity index (χ0) is 41.4. The minimum atomic E-state index is -1.60. The molecular weight excluding hydrogens is 735 g/mol. The third-order valence-electron chi connectivity index (χ3n) is 11.8. The summed E-state index contributed by atoms with van der Waals surface area (Å²) in [4.78, 5) is 27.1. The second-order valence-electron chi connectivity index (χ2n) is 16.2. The molecule has 4 aromatic carbocycles. The lowest BCUT2D eigenvalue weighted by molar-refractivity contribution is -0.436. The van der Waals surface area contributed by atoms with Gasteiger partial charge in [-0.2, -0.15) is 4.58 Å². The molecule has 0 bridgehead atoms. The summed E-state index contributed by atoms with van der Waals surface area (Å²) in [5.41, 5.74) is 5.56. The molecule has 0 aliphatic carbocycles. The van der Waals surface area contributed by atoms with Gasteiger partial charge in [-0.25, -0.2) is 0 Å². The Morgan fingerprint density at radius 3 is 2.12 bits per heavy atom. The average Bonchev–Trinajstić information content (AvgIpc) is 3.56. The quantitative estimate of drug-likeness (QED) is 0.0805. The minimum Gasteiger partial charge on any atom is -0.481 e. The number of benzene rings is 4. The van der Waals surface area contributed by atoms with Crippen molar-refractivity contribution in [2.75, 3.05) is 24.6 Å². The zero-order valence-corrected chi connectivity index (χ0v) is 33.2. The molecule has 4 aromatic rings. The second-order valence-corrected chi connectivity index (χ2v) is 16.2. The van der Waals surface area contributed by atoms with E-state index < -0.39 is 54.5 Å². The number of fused-ring (bicyclic) bond motifs is 6. The van der Waals surface area contributed by atoms with Crippen molar-refractivity contribution in [2.45, 2.75) is 82.0 Å². The highest BCUT2D eigenvalue weighted by molar-refractivity contribution is 6.07. The van der Waals surface area contributed by atoms with Crippen LogP contribution in [0.3, 0.4) is 0 Å². The number of anilines is 1. The Hall–Kier alpha value is -5.43. The number of hydrogen-bond donors (Lipinski definition) is 6. The summed E-state index contributed by atoms with van der Waals surface area (Å²) in [6.07, 6.45) is 8.19. The van der Waals surface area contributed by atoms with Gasteiger partial charge in [0.2, 0.25) is 11.6 Å². The number of carbonyl (C=O) groups excluding carboxylic acids is 1. The van der Waals surface area contributed by atoms with E-state index in [2.05, 4.69) is 103 Å². The monoisotopic (exact) mass is 786 g/mol. The Labute approximate surface area is 338 Å². The second kappa shape index (κ2) is 16.4. The number of carbonyl (C=O) groups is 2. The number of hydrogen-bond acceptors (Lipinski definition) is 8. The minimum absolute atomic E-state index is 0.0158. The average molecular weight is 787 g/mol. The molecule has 58 heavy (non-hydrogen) atoms. The van der Waals surface area contributed by atoms with Gasteiger partial charge in [0.15, 0.2) is 18.5 Å². The fourth-order valence-electron chi connectivity index (χ4n) is 8.97. The molecule has 5 atom stereocenters. The summed E-state index contributed by atoms with van der Waals surface area (Å²) >= 11 is 0. The molecule has 0 aromatic heterocycles. The maximum Gasteiger partial charge on any atom is 0.309 e. The lowest BCUT2D eigenvalue weighted by Crippen LogP contribution is -2.64.